The summed E-state index contributed by atoms with van der Waals surface area (Å²) in [7, 11) is 0. The highest BCUT2D eigenvalue weighted by Gasteiger charge is 2.23. The Morgan fingerprint density at radius 1 is 1.21 bits per heavy atom. The van der Waals surface area contributed by atoms with Gasteiger partial charge in [0, 0.05) is 0 Å². The molecule has 0 saturated carbocycles. The normalized spacial score (nSPS) is 11.7. The third-order valence-corrected chi connectivity index (χ3v) is 3.42. The van der Waals surface area contributed by atoms with Gasteiger partial charge in [-0.2, -0.15) is 0 Å². The molecule has 0 aliphatic heterocycles. The van der Waals surface area contributed by atoms with Crippen LogP contribution in [0.5, 0.6) is 5.75 Å². The topological polar surface area (TPSA) is 20.2 Å². The quantitative estimate of drug-likeness (QED) is 0.772. The van der Waals surface area contributed by atoms with Crippen molar-refractivity contribution in [1.82, 2.24) is 0 Å². The molecule has 0 heterocycles. The molecule has 0 spiro atoms. The molecule has 1 heteroatoms. The van der Waals surface area contributed by atoms with Crippen LogP contribution in [0.15, 0.2) is 18.2 Å². The van der Waals surface area contributed by atoms with Crippen molar-refractivity contribution in [2.45, 2.75) is 46.0 Å². The Balaban J connectivity index is 3.17. The first-order valence-corrected chi connectivity index (χ1v) is 5.33. The highest BCUT2D eigenvalue weighted by atomic mass is 16.3. The number of hydrogen-bond acceptors (Lipinski definition) is 1. The van der Waals surface area contributed by atoms with Gasteiger partial charge in [-0.3, -0.25) is 0 Å². The molecule has 0 aliphatic carbocycles. The molecule has 78 valence electrons. The van der Waals surface area contributed by atoms with E-state index >= 15 is 0 Å². The van der Waals surface area contributed by atoms with Crippen LogP contribution in [0.2, 0.25) is 0 Å². The summed E-state index contributed by atoms with van der Waals surface area (Å²) in [5.41, 5.74) is 2.80. The van der Waals surface area contributed by atoms with Crippen molar-refractivity contribution in [2.24, 2.45) is 0 Å². The van der Waals surface area contributed by atoms with Crippen LogP contribution in [-0.4, -0.2) is 5.11 Å². The third-order valence-electron chi connectivity index (χ3n) is 3.42. The van der Waals surface area contributed by atoms with Gasteiger partial charge in [-0.25, -0.2) is 0 Å². The number of aromatic hydroxyl groups is 1. The van der Waals surface area contributed by atoms with Crippen LogP contribution in [-0.2, 0) is 5.41 Å². The zero-order chi connectivity index (χ0) is 10.8. The summed E-state index contributed by atoms with van der Waals surface area (Å²) < 4.78 is 0. The standard InChI is InChI=1S/C13H20O/c1-5-13(4,6-2)12-8-7-11(14)9-10(12)3/h7-9,14H,5-6H2,1-4H3. The fraction of sp³-hybridized carbons (Fsp3) is 0.538. The molecule has 1 N–H and O–H groups in total. The van der Waals surface area contributed by atoms with Crippen LogP contribution in [0.25, 0.3) is 0 Å². The van der Waals surface area contributed by atoms with Crippen LogP contribution in [0.4, 0.5) is 0 Å². The molecule has 1 rings (SSSR count). The Bertz CT molecular complexity index is 311. The zero-order valence-corrected chi connectivity index (χ0v) is 9.59. The lowest BCUT2D eigenvalue weighted by Crippen LogP contribution is -2.20. The number of hydrogen-bond donors (Lipinski definition) is 1. The van der Waals surface area contributed by atoms with E-state index in [9.17, 15) is 5.11 Å². The molecule has 0 radical (unpaired) electrons. The average Bonchev–Trinajstić information content (AvgIpc) is 2.17. The largest absolute Gasteiger partial charge is 0.508 e. The minimum atomic E-state index is 0.248. The smallest absolute Gasteiger partial charge is 0.115 e. The van der Waals surface area contributed by atoms with Crippen LogP contribution >= 0.6 is 0 Å². The lowest BCUT2D eigenvalue weighted by atomic mass is 9.76. The van der Waals surface area contributed by atoms with Gasteiger partial charge in [-0.05, 0) is 48.4 Å². The van der Waals surface area contributed by atoms with E-state index in [-0.39, 0.29) is 5.41 Å². The predicted octanol–water partition coefficient (Wildman–Crippen LogP) is 3.78. The van der Waals surface area contributed by atoms with Gasteiger partial charge < -0.3 is 5.11 Å². The van der Waals surface area contributed by atoms with E-state index in [4.69, 9.17) is 0 Å². The average molecular weight is 192 g/mol. The van der Waals surface area contributed by atoms with Gasteiger partial charge in [0.15, 0.2) is 0 Å². The summed E-state index contributed by atoms with van der Waals surface area (Å²) in [5.74, 6) is 0.362. The molecule has 0 atom stereocenters. The molecule has 14 heavy (non-hydrogen) atoms. The molecule has 0 aromatic heterocycles. The van der Waals surface area contributed by atoms with E-state index in [2.05, 4.69) is 33.8 Å². The second kappa shape index (κ2) is 4.04. The van der Waals surface area contributed by atoms with Crippen molar-refractivity contribution in [1.29, 1.82) is 0 Å². The van der Waals surface area contributed by atoms with Crippen molar-refractivity contribution in [3.8, 4) is 5.75 Å². The molecular weight excluding hydrogens is 172 g/mol. The van der Waals surface area contributed by atoms with Gasteiger partial charge in [0.2, 0.25) is 0 Å². The summed E-state index contributed by atoms with van der Waals surface area (Å²) in [6.45, 7) is 8.79. The first-order valence-electron chi connectivity index (χ1n) is 5.33. The SMILES string of the molecule is CCC(C)(CC)c1ccc(O)cc1C. The second-order valence-corrected chi connectivity index (χ2v) is 4.27. The second-order valence-electron chi connectivity index (χ2n) is 4.27. The Labute approximate surface area is 86.8 Å². The number of aryl methyl sites for hydroxylation is 1. The van der Waals surface area contributed by atoms with Gasteiger partial charge in [0.05, 0.1) is 0 Å². The molecule has 0 aliphatic rings. The van der Waals surface area contributed by atoms with Gasteiger partial charge in [-0.15, -0.1) is 0 Å². The lowest BCUT2D eigenvalue weighted by molar-refractivity contribution is 0.433. The first-order chi connectivity index (χ1) is 6.53. The van der Waals surface area contributed by atoms with Crippen molar-refractivity contribution in [3.63, 3.8) is 0 Å². The molecular formula is C13H20O. The van der Waals surface area contributed by atoms with Crippen LogP contribution in [0.3, 0.4) is 0 Å². The molecule has 0 unspecified atom stereocenters. The maximum Gasteiger partial charge on any atom is 0.115 e. The van der Waals surface area contributed by atoms with Crippen LogP contribution in [0.1, 0.15) is 44.7 Å². The Morgan fingerprint density at radius 3 is 2.21 bits per heavy atom. The van der Waals surface area contributed by atoms with Crippen molar-refractivity contribution in [2.75, 3.05) is 0 Å². The van der Waals surface area contributed by atoms with E-state index in [0.717, 1.165) is 12.8 Å². The lowest BCUT2D eigenvalue weighted by Gasteiger charge is -2.29. The van der Waals surface area contributed by atoms with Crippen LogP contribution in [0, 0.1) is 6.92 Å². The van der Waals surface area contributed by atoms with Gasteiger partial charge in [-0.1, -0.05) is 26.8 Å². The van der Waals surface area contributed by atoms with E-state index < -0.39 is 0 Å². The summed E-state index contributed by atoms with van der Waals surface area (Å²) in [4.78, 5) is 0. The molecule has 1 nitrogen and oxygen atoms in total. The summed E-state index contributed by atoms with van der Waals surface area (Å²) >= 11 is 0. The molecule has 0 fully saturated rings. The zero-order valence-electron chi connectivity index (χ0n) is 9.59. The Hall–Kier alpha value is -0.980. The Kier molecular flexibility index (Phi) is 3.20. The maximum absolute atomic E-state index is 9.35. The van der Waals surface area contributed by atoms with Gasteiger partial charge >= 0.3 is 0 Å². The van der Waals surface area contributed by atoms with Crippen molar-refractivity contribution >= 4 is 0 Å². The van der Waals surface area contributed by atoms with Crippen LogP contribution < -0.4 is 0 Å². The van der Waals surface area contributed by atoms with Gasteiger partial charge in [0.1, 0.15) is 5.75 Å². The summed E-state index contributed by atoms with van der Waals surface area (Å²) in [6.07, 6.45) is 2.27. The summed E-state index contributed by atoms with van der Waals surface area (Å²) in [5, 5.41) is 9.35. The molecule has 0 saturated heterocycles. The number of phenols is 1. The highest BCUT2D eigenvalue weighted by Crippen LogP contribution is 2.34. The maximum atomic E-state index is 9.35. The fourth-order valence-corrected chi connectivity index (χ4v) is 1.96. The number of benzene rings is 1. The Morgan fingerprint density at radius 2 is 1.79 bits per heavy atom. The van der Waals surface area contributed by atoms with Gasteiger partial charge in [0.25, 0.3) is 0 Å². The van der Waals surface area contributed by atoms with E-state index in [1.165, 1.54) is 11.1 Å². The minimum absolute atomic E-state index is 0.248. The first kappa shape index (κ1) is 11.1. The fourth-order valence-electron chi connectivity index (χ4n) is 1.96. The molecule has 1 aromatic carbocycles. The summed E-state index contributed by atoms with van der Waals surface area (Å²) in [6, 6.07) is 5.68. The third kappa shape index (κ3) is 1.92. The van der Waals surface area contributed by atoms with Crippen molar-refractivity contribution < 1.29 is 5.11 Å². The monoisotopic (exact) mass is 192 g/mol. The van der Waals surface area contributed by atoms with Crippen molar-refractivity contribution in [3.05, 3.63) is 29.3 Å². The van der Waals surface area contributed by atoms with E-state index in [1.807, 2.05) is 6.07 Å². The highest BCUT2D eigenvalue weighted by molar-refractivity contribution is 5.38. The minimum Gasteiger partial charge on any atom is -0.508 e. The number of rotatable bonds is 3. The molecule has 0 bridgehead atoms. The number of phenolic OH excluding ortho intramolecular Hbond substituents is 1. The molecule has 0 amide bonds. The van der Waals surface area contributed by atoms with E-state index in [0.29, 0.717) is 5.75 Å². The van der Waals surface area contributed by atoms with E-state index in [1.54, 1.807) is 6.07 Å². The molecule has 1 aromatic rings. The predicted molar refractivity (Wildman–Crippen MR) is 60.8 cm³/mol.